The fourth-order valence-electron chi connectivity index (χ4n) is 3.11. The first-order valence-electron chi connectivity index (χ1n) is 6.27. The van der Waals surface area contributed by atoms with Gasteiger partial charge >= 0.3 is 0 Å². The minimum atomic E-state index is 0.0755. The van der Waals surface area contributed by atoms with Crippen LogP contribution in [-0.2, 0) is 4.79 Å². The van der Waals surface area contributed by atoms with Crippen molar-refractivity contribution >= 4 is 5.78 Å². The third-order valence-electron chi connectivity index (χ3n) is 3.43. The van der Waals surface area contributed by atoms with E-state index in [1.165, 1.54) is 5.57 Å². The van der Waals surface area contributed by atoms with Crippen LogP contribution in [0.4, 0.5) is 0 Å². The maximum absolute atomic E-state index is 12.2. The van der Waals surface area contributed by atoms with Gasteiger partial charge in [-0.2, -0.15) is 0 Å². The van der Waals surface area contributed by atoms with Crippen LogP contribution in [0.2, 0.25) is 0 Å². The maximum Gasteiger partial charge on any atom is 0.162 e. The van der Waals surface area contributed by atoms with Crippen LogP contribution in [0, 0.1) is 17.3 Å². The molecule has 0 spiro atoms. The molecule has 1 heteroatoms. The molecule has 0 amide bonds. The summed E-state index contributed by atoms with van der Waals surface area (Å²) in [5, 5.41) is 0. The highest BCUT2D eigenvalue weighted by Gasteiger charge is 2.38. The molecule has 0 radical (unpaired) electrons. The van der Waals surface area contributed by atoms with Gasteiger partial charge in [-0.3, -0.25) is 4.79 Å². The van der Waals surface area contributed by atoms with E-state index in [1.807, 2.05) is 6.08 Å². The molecule has 2 unspecified atom stereocenters. The van der Waals surface area contributed by atoms with E-state index in [0.29, 0.717) is 5.92 Å². The molecule has 0 saturated carbocycles. The van der Waals surface area contributed by atoms with Crippen molar-refractivity contribution in [2.24, 2.45) is 17.3 Å². The minimum absolute atomic E-state index is 0.0755. The SMILES string of the molecule is CCC=CC(=O)C1C(C)=CC(C)CC1(C)C. The molecule has 0 bridgehead atoms. The summed E-state index contributed by atoms with van der Waals surface area (Å²) in [6.45, 7) is 10.8. The van der Waals surface area contributed by atoms with Crippen LogP contribution >= 0.6 is 0 Å². The van der Waals surface area contributed by atoms with E-state index < -0.39 is 0 Å². The third-order valence-corrected chi connectivity index (χ3v) is 3.43. The molecule has 0 heterocycles. The van der Waals surface area contributed by atoms with Crippen LogP contribution in [0.25, 0.3) is 0 Å². The largest absolute Gasteiger partial charge is 0.294 e. The van der Waals surface area contributed by atoms with E-state index in [2.05, 4.69) is 40.7 Å². The van der Waals surface area contributed by atoms with E-state index in [0.717, 1.165) is 12.8 Å². The maximum atomic E-state index is 12.2. The Balaban J connectivity index is 2.96. The van der Waals surface area contributed by atoms with E-state index in [9.17, 15) is 4.79 Å². The Morgan fingerprint density at radius 2 is 2.19 bits per heavy atom. The van der Waals surface area contributed by atoms with Gasteiger partial charge in [-0.25, -0.2) is 0 Å². The molecular formula is C15H24O. The zero-order valence-electron chi connectivity index (χ0n) is 11.2. The predicted octanol–water partition coefficient (Wildman–Crippen LogP) is 4.15. The number of allylic oxidation sites excluding steroid dienone is 4. The first kappa shape index (κ1) is 13.2. The Bertz CT molecular complexity index is 320. The van der Waals surface area contributed by atoms with Crippen LogP contribution in [0.15, 0.2) is 23.8 Å². The Morgan fingerprint density at radius 1 is 1.56 bits per heavy atom. The van der Waals surface area contributed by atoms with Crippen LogP contribution in [0.3, 0.4) is 0 Å². The second-order valence-electron chi connectivity index (χ2n) is 5.73. The van der Waals surface area contributed by atoms with Gasteiger partial charge in [-0.05, 0) is 37.2 Å². The summed E-state index contributed by atoms with van der Waals surface area (Å²) in [5.41, 5.74) is 1.34. The van der Waals surface area contributed by atoms with E-state index in [1.54, 1.807) is 6.08 Å². The van der Waals surface area contributed by atoms with Crippen molar-refractivity contribution in [3.63, 3.8) is 0 Å². The molecule has 0 aromatic heterocycles. The monoisotopic (exact) mass is 220 g/mol. The third kappa shape index (κ3) is 2.84. The first-order valence-corrected chi connectivity index (χ1v) is 6.27. The molecule has 0 fully saturated rings. The van der Waals surface area contributed by atoms with Crippen molar-refractivity contribution in [3.05, 3.63) is 23.8 Å². The Morgan fingerprint density at radius 3 is 2.69 bits per heavy atom. The molecule has 0 aromatic rings. The fraction of sp³-hybridized carbons (Fsp3) is 0.667. The lowest BCUT2D eigenvalue weighted by Gasteiger charge is -2.39. The highest BCUT2D eigenvalue weighted by molar-refractivity contribution is 5.94. The predicted molar refractivity (Wildman–Crippen MR) is 69.2 cm³/mol. The van der Waals surface area contributed by atoms with Gasteiger partial charge in [0.05, 0.1) is 0 Å². The molecule has 16 heavy (non-hydrogen) atoms. The van der Waals surface area contributed by atoms with E-state index >= 15 is 0 Å². The van der Waals surface area contributed by atoms with Crippen LogP contribution in [0.1, 0.15) is 47.5 Å². The van der Waals surface area contributed by atoms with Gasteiger partial charge in [0.15, 0.2) is 5.78 Å². The van der Waals surface area contributed by atoms with Gasteiger partial charge in [-0.1, -0.05) is 45.4 Å². The summed E-state index contributed by atoms with van der Waals surface area (Å²) in [5.74, 6) is 0.938. The second kappa shape index (κ2) is 4.99. The highest BCUT2D eigenvalue weighted by atomic mass is 16.1. The quantitative estimate of drug-likeness (QED) is 0.516. The van der Waals surface area contributed by atoms with Gasteiger partial charge in [0.25, 0.3) is 0 Å². The normalized spacial score (nSPS) is 29.2. The lowest BCUT2D eigenvalue weighted by Crippen LogP contribution is -2.35. The first-order chi connectivity index (χ1) is 7.38. The van der Waals surface area contributed by atoms with Gasteiger partial charge in [0.1, 0.15) is 0 Å². The van der Waals surface area contributed by atoms with Crippen molar-refractivity contribution in [3.8, 4) is 0 Å². The number of rotatable bonds is 3. The minimum Gasteiger partial charge on any atom is -0.294 e. The van der Waals surface area contributed by atoms with E-state index in [4.69, 9.17) is 0 Å². The summed E-state index contributed by atoms with van der Waals surface area (Å²) in [4.78, 5) is 12.2. The fourth-order valence-corrected chi connectivity index (χ4v) is 3.11. The van der Waals surface area contributed by atoms with Gasteiger partial charge in [-0.15, -0.1) is 0 Å². The van der Waals surface area contributed by atoms with E-state index in [-0.39, 0.29) is 17.1 Å². The Hall–Kier alpha value is -0.850. The average Bonchev–Trinajstić information content (AvgIpc) is 2.11. The molecular weight excluding hydrogens is 196 g/mol. The molecule has 0 N–H and O–H groups in total. The molecule has 1 nitrogen and oxygen atoms in total. The molecule has 1 aliphatic rings. The molecule has 1 aliphatic carbocycles. The van der Waals surface area contributed by atoms with Crippen molar-refractivity contribution in [2.75, 3.05) is 0 Å². The standard InChI is InChI=1S/C15H24O/c1-6-7-8-13(16)14-12(3)9-11(2)10-15(14,4)5/h7-9,11,14H,6,10H2,1-5H3. The number of carbonyl (C=O) groups excluding carboxylic acids is 1. The molecule has 90 valence electrons. The summed E-state index contributed by atoms with van der Waals surface area (Å²) < 4.78 is 0. The zero-order chi connectivity index (χ0) is 12.3. The van der Waals surface area contributed by atoms with Crippen molar-refractivity contribution in [1.82, 2.24) is 0 Å². The highest BCUT2D eigenvalue weighted by Crippen LogP contribution is 2.43. The Labute approximate surface area is 99.6 Å². The summed E-state index contributed by atoms with van der Waals surface area (Å²) in [7, 11) is 0. The molecule has 1 rings (SSSR count). The Kier molecular flexibility index (Phi) is 4.12. The zero-order valence-corrected chi connectivity index (χ0v) is 11.2. The smallest absolute Gasteiger partial charge is 0.162 e. The topological polar surface area (TPSA) is 17.1 Å². The summed E-state index contributed by atoms with van der Waals surface area (Å²) in [6.07, 6.45) is 8.01. The molecule has 2 atom stereocenters. The molecule has 0 aliphatic heterocycles. The number of ketones is 1. The summed E-state index contributed by atoms with van der Waals surface area (Å²) in [6, 6.07) is 0. The van der Waals surface area contributed by atoms with Gasteiger partial charge < -0.3 is 0 Å². The number of hydrogen-bond acceptors (Lipinski definition) is 1. The lowest BCUT2D eigenvalue weighted by atomic mass is 9.64. The van der Waals surface area contributed by atoms with Crippen molar-refractivity contribution < 1.29 is 4.79 Å². The van der Waals surface area contributed by atoms with Crippen LogP contribution < -0.4 is 0 Å². The molecule has 0 aromatic carbocycles. The van der Waals surface area contributed by atoms with Gasteiger partial charge in [0, 0.05) is 5.92 Å². The second-order valence-corrected chi connectivity index (χ2v) is 5.73. The lowest BCUT2D eigenvalue weighted by molar-refractivity contribution is -0.120. The molecule has 0 saturated heterocycles. The summed E-state index contributed by atoms with van der Waals surface area (Å²) >= 11 is 0. The number of carbonyl (C=O) groups is 1. The van der Waals surface area contributed by atoms with Crippen LogP contribution in [-0.4, -0.2) is 5.78 Å². The van der Waals surface area contributed by atoms with Crippen LogP contribution in [0.5, 0.6) is 0 Å². The average molecular weight is 220 g/mol. The van der Waals surface area contributed by atoms with Gasteiger partial charge in [0.2, 0.25) is 0 Å². The number of hydrogen-bond donors (Lipinski definition) is 0. The van der Waals surface area contributed by atoms with Crippen molar-refractivity contribution in [2.45, 2.75) is 47.5 Å². The van der Waals surface area contributed by atoms with Crippen molar-refractivity contribution in [1.29, 1.82) is 0 Å².